The maximum atomic E-state index is 6.49. The average Bonchev–Trinajstić information content (AvgIpc) is 3.15. The van der Waals surface area contributed by atoms with E-state index in [1.54, 1.807) is 5.57 Å². The molecular formula is C33H51N. The largest absolute Gasteiger partial charge is 0.398 e. The molecule has 0 spiro atoms. The summed E-state index contributed by atoms with van der Waals surface area (Å²) in [5, 5.41) is 0. The van der Waals surface area contributed by atoms with Gasteiger partial charge in [-0.3, -0.25) is 0 Å². The van der Waals surface area contributed by atoms with Crippen molar-refractivity contribution in [1.29, 1.82) is 0 Å². The third-order valence-electron chi connectivity index (χ3n) is 11.8. The van der Waals surface area contributed by atoms with Crippen LogP contribution >= 0.6 is 0 Å². The minimum Gasteiger partial charge on any atom is -0.398 e. The molecule has 4 aliphatic rings. The van der Waals surface area contributed by atoms with Crippen molar-refractivity contribution in [3.8, 4) is 0 Å². The third-order valence-corrected chi connectivity index (χ3v) is 11.8. The number of nitrogens with two attached hydrogens (primary N) is 1. The van der Waals surface area contributed by atoms with E-state index in [1.807, 2.05) is 0 Å². The first-order chi connectivity index (χ1) is 16.3. The van der Waals surface area contributed by atoms with Gasteiger partial charge in [-0.1, -0.05) is 78.2 Å². The molecule has 0 amide bonds. The highest BCUT2D eigenvalue weighted by Gasteiger charge is 2.60. The van der Waals surface area contributed by atoms with Gasteiger partial charge in [0.25, 0.3) is 0 Å². The number of hydrogen-bond acceptors (Lipinski definition) is 1. The van der Waals surface area contributed by atoms with Crippen molar-refractivity contribution in [2.75, 3.05) is 5.73 Å². The Hall–Kier alpha value is -1.24. The summed E-state index contributed by atoms with van der Waals surface area (Å²) in [6, 6.07) is 8.64. The van der Waals surface area contributed by atoms with Gasteiger partial charge in [0.1, 0.15) is 0 Å². The second kappa shape index (κ2) is 9.33. The molecule has 8 unspecified atom stereocenters. The molecule has 34 heavy (non-hydrogen) atoms. The fraction of sp³-hybridized carbons (Fsp3) is 0.758. The van der Waals surface area contributed by atoms with E-state index < -0.39 is 0 Å². The van der Waals surface area contributed by atoms with Crippen molar-refractivity contribution in [1.82, 2.24) is 0 Å². The zero-order valence-corrected chi connectivity index (χ0v) is 22.8. The van der Waals surface area contributed by atoms with Gasteiger partial charge in [-0.25, -0.2) is 0 Å². The third kappa shape index (κ3) is 3.98. The highest BCUT2D eigenvalue weighted by molar-refractivity contribution is 5.77. The van der Waals surface area contributed by atoms with Gasteiger partial charge in [-0.2, -0.15) is 0 Å². The molecule has 8 atom stereocenters. The van der Waals surface area contributed by atoms with Gasteiger partial charge in [0.2, 0.25) is 0 Å². The molecule has 1 aromatic rings. The Bertz CT molecular complexity index is 898. The van der Waals surface area contributed by atoms with E-state index in [-0.39, 0.29) is 0 Å². The molecule has 0 heterocycles. The van der Waals surface area contributed by atoms with Crippen LogP contribution in [0.3, 0.4) is 0 Å². The van der Waals surface area contributed by atoms with Gasteiger partial charge < -0.3 is 5.73 Å². The number of para-hydroxylation sites is 1. The number of hydrogen-bond donors (Lipinski definition) is 1. The van der Waals surface area contributed by atoms with Crippen LogP contribution in [-0.4, -0.2) is 0 Å². The molecule has 3 fully saturated rings. The van der Waals surface area contributed by atoms with Crippen LogP contribution in [0, 0.1) is 52.3 Å². The van der Waals surface area contributed by atoms with Crippen molar-refractivity contribution in [2.24, 2.45) is 52.3 Å². The predicted molar refractivity (Wildman–Crippen MR) is 147 cm³/mol. The second-order valence-electron chi connectivity index (χ2n) is 13.8. The lowest BCUT2D eigenvalue weighted by Crippen LogP contribution is -2.53. The van der Waals surface area contributed by atoms with Crippen molar-refractivity contribution in [2.45, 2.75) is 105 Å². The first-order valence-electron chi connectivity index (χ1n) is 14.8. The Morgan fingerprint density at radius 2 is 1.65 bits per heavy atom. The summed E-state index contributed by atoms with van der Waals surface area (Å²) in [5.41, 5.74) is 11.4. The maximum absolute atomic E-state index is 6.49. The predicted octanol–water partition coefficient (Wildman–Crippen LogP) is 9.38. The van der Waals surface area contributed by atoms with E-state index in [0.29, 0.717) is 16.7 Å². The molecule has 1 heteroatoms. The van der Waals surface area contributed by atoms with Gasteiger partial charge in [0, 0.05) is 11.3 Å². The molecule has 5 rings (SSSR count). The highest BCUT2D eigenvalue weighted by Crippen LogP contribution is 2.69. The van der Waals surface area contributed by atoms with Crippen LogP contribution in [0.2, 0.25) is 0 Å². The summed E-state index contributed by atoms with van der Waals surface area (Å²) >= 11 is 0. The highest BCUT2D eigenvalue weighted by atomic mass is 14.7. The zero-order valence-electron chi connectivity index (χ0n) is 22.8. The van der Waals surface area contributed by atoms with Crippen LogP contribution in [-0.2, 0) is 0 Å². The quantitative estimate of drug-likeness (QED) is 0.419. The Morgan fingerprint density at radius 1 is 0.882 bits per heavy atom. The number of fused-ring (bicyclic) bond motifs is 5. The van der Waals surface area contributed by atoms with Crippen LogP contribution in [0.25, 0.3) is 5.57 Å². The van der Waals surface area contributed by atoms with Gasteiger partial charge in [0.15, 0.2) is 0 Å². The lowest BCUT2D eigenvalue weighted by atomic mass is 9.44. The lowest BCUT2D eigenvalue weighted by Gasteiger charge is -2.61. The van der Waals surface area contributed by atoms with E-state index >= 15 is 0 Å². The van der Waals surface area contributed by atoms with E-state index in [0.717, 1.165) is 41.2 Å². The minimum absolute atomic E-state index is 0.456. The van der Waals surface area contributed by atoms with E-state index in [4.69, 9.17) is 5.73 Å². The van der Waals surface area contributed by atoms with Gasteiger partial charge in [-0.05, 0) is 115 Å². The Balaban J connectivity index is 1.35. The van der Waals surface area contributed by atoms with Gasteiger partial charge >= 0.3 is 0 Å². The lowest BCUT2D eigenvalue weighted by molar-refractivity contribution is -0.0932. The molecule has 0 bridgehead atoms. The number of allylic oxidation sites excluding steroid dienone is 2. The number of anilines is 1. The Kier molecular flexibility index (Phi) is 6.71. The monoisotopic (exact) mass is 461 g/mol. The summed E-state index contributed by atoms with van der Waals surface area (Å²) in [6.45, 7) is 12.8. The summed E-state index contributed by atoms with van der Waals surface area (Å²) in [5.74, 6) is 6.26. The number of benzene rings is 1. The van der Waals surface area contributed by atoms with Crippen molar-refractivity contribution < 1.29 is 0 Å². The Morgan fingerprint density at radius 3 is 2.41 bits per heavy atom. The van der Waals surface area contributed by atoms with Crippen LogP contribution in [0.5, 0.6) is 0 Å². The zero-order chi connectivity index (χ0) is 24.1. The van der Waals surface area contributed by atoms with Crippen LogP contribution in [0.1, 0.15) is 111 Å². The van der Waals surface area contributed by atoms with Crippen LogP contribution in [0.15, 0.2) is 30.3 Å². The molecule has 0 radical (unpaired) electrons. The Labute approximate surface area is 210 Å². The second-order valence-corrected chi connectivity index (χ2v) is 13.8. The normalized spacial score (nSPS) is 40.3. The van der Waals surface area contributed by atoms with Crippen molar-refractivity contribution in [3.05, 3.63) is 35.9 Å². The first kappa shape index (κ1) is 24.5. The molecule has 1 aromatic carbocycles. The van der Waals surface area contributed by atoms with Gasteiger partial charge in [-0.15, -0.1) is 0 Å². The fourth-order valence-corrected chi connectivity index (χ4v) is 10.1. The summed E-state index contributed by atoms with van der Waals surface area (Å²) in [7, 11) is 0. The SMILES string of the molecule is CC(C)CCCC(C)C1CCC2C3CCC4C(c5ccccc5N)=CCCC4(C)C3CCC12C. The summed E-state index contributed by atoms with van der Waals surface area (Å²) in [6.07, 6.45) is 18.2. The van der Waals surface area contributed by atoms with E-state index in [1.165, 1.54) is 76.2 Å². The summed E-state index contributed by atoms with van der Waals surface area (Å²) in [4.78, 5) is 0. The molecule has 0 aliphatic heterocycles. The standard InChI is InChI=1S/C33H51N/c1-22(2)10-8-11-23(3)27-17-18-29-26-15-16-28-24(25-12-6-7-14-31(25)34)13-9-20-32(28,4)30(26)19-21-33(27,29)5/h6-7,12-14,22-23,26-30H,8-11,15-21,34H2,1-5H3. The topological polar surface area (TPSA) is 26.0 Å². The van der Waals surface area contributed by atoms with Crippen LogP contribution in [0.4, 0.5) is 5.69 Å². The molecule has 1 nitrogen and oxygen atoms in total. The molecule has 0 aromatic heterocycles. The maximum Gasteiger partial charge on any atom is 0.0390 e. The number of rotatable bonds is 6. The average molecular weight is 462 g/mol. The summed E-state index contributed by atoms with van der Waals surface area (Å²) < 4.78 is 0. The number of nitrogen functional groups attached to an aromatic ring is 1. The molecule has 3 saturated carbocycles. The molecule has 4 aliphatic carbocycles. The van der Waals surface area contributed by atoms with E-state index in [2.05, 4.69) is 65.0 Å². The molecule has 0 saturated heterocycles. The van der Waals surface area contributed by atoms with Crippen molar-refractivity contribution >= 4 is 11.3 Å². The van der Waals surface area contributed by atoms with Gasteiger partial charge in [0.05, 0.1) is 0 Å². The van der Waals surface area contributed by atoms with E-state index in [9.17, 15) is 0 Å². The van der Waals surface area contributed by atoms with Crippen molar-refractivity contribution in [3.63, 3.8) is 0 Å². The fourth-order valence-electron chi connectivity index (χ4n) is 10.1. The smallest absolute Gasteiger partial charge is 0.0390 e. The molecule has 2 N–H and O–H groups in total. The molecule has 188 valence electrons. The van der Waals surface area contributed by atoms with Crippen LogP contribution < -0.4 is 5.73 Å². The minimum atomic E-state index is 0.456. The molecular weight excluding hydrogens is 410 g/mol. The first-order valence-corrected chi connectivity index (χ1v) is 14.8.